The Bertz CT molecular complexity index is 1120. The van der Waals surface area contributed by atoms with Crippen molar-refractivity contribution in [1.82, 2.24) is 15.1 Å². The lowest BCUT2D eigenvalue weighted by Crippen LogP contribution is -2.55. The summed E-state index contributed by atoms with van der Waals surface area (Å²) in [5, 5.41) is 20.9. The van der Waals surface area contributed by atoms with Crippen LogP contribution in [-0.4, -0.2) is 57.1 Å². The topological polar surface area (TPSA) is 86.8 Å². The first-order valence-corrected chi connectivity index (χ1v) is 11.3. The lowest BCUT2D eigenvalue weighted by atomic mass is 9.84. The van der Waals surface area contributed by atoms with Gasteiger partial charge in [-0.15, -0.1) is 5.10 Å². The fourth-order valence-electron chi connectivity index (χ4n) is 4.51. The van der Waals surface area contributed by atoms with Crippen LogP contribution in [0.5, 0.6) is 0 Å². The molecule has 33 heavy (non-hydrogen) atoms. The third kappa shape index (κ3) is 4.38. The van der Waals surface area contributed by atoms with E-state index in [1.165, 1.54) is 0 Å². The van der Waals surface area contributed by atoms with Crippen molar-refractivity contribution < 1.29 is 18.3 Å². The van der Waals surface area contributed by atoms with E-state index >= 15 is 0 Å². The summed E-state index contributed by atoms with van der Waals surface area (Å²) in [6.07, 6.45) is 7.55. The maximum Gasteiger partial charge on any atom is 0.316 e. The average Bonchev–Trinajstić information content (AvgIpc) is 2.96. The second-order valence-corrected chi connectivity index (χ2v) is 10.4. The number of rotatable bonds is 4. The highest BCUT2D eigenvalue weighted by molar-refractivity contribution is 6.07. The van der Waals surface area contributed by atoms with E-state index < -0.39 is 5.92 Å². The van der Waals surface area contributed by atoms with Crippen LogP contribution < -0.4 is 5.32 Å². The Balaban J connectivity index is 1.51. The molecule has 3 heterocycles. The minimum atomic E-state index is -2.63. The van der Waals surface area contributed by atoms with Crippen LogP contribution in [0.3, 0.4) is 0 Å². The first-order chi connectivity index (χ1) is 15.5. The molecular formula is C24H29F2N5O2. The number of anilines is 1. The van der Waals surface area contributed by atoms with Crippen molar-refractivity contribution in [3.63, 3.8) is 0 Å². The van der Waals surface area contributed by atoms with Gasteiger partial charge in [0.25, 0.3) is 11.8 Å². The van der Waals surface area contributed by atoms with Crippen LogP contribution in [0.2, 0.25) is 0 Å². The molecule has 4 aliphatic rings. The summed E-state index contributed by atoms with van der Waals surface area (Å²) in [5.41, 5.74) is 5.02. The van der Waals surface area contributed by atoms with Crippen LogP contribution >= 0.6 is 0 Å². The van der Waals surface area contributed by atoms with Crippen molar-refractivity contribution in [3.05, 3.63) is 52.2 Å². The number of halogens is 2. The van der Waals surface area contributed by atoms with Gasteiger partial charge in [0, 0.05) is 23.9 Å². The van der Waals surface area contributed by atoms with E-state index in [0.717, 1.165) is 28.1 Å². The van der Waals surface area contributed by atoms with Gasteiger partial charge in [0.1, 0.15) is 5.71 Å². The number of aromatic nitrogens is 2. The van der Waals surface area contributed by atoms with Crippen LogP contribution in [0, 0.1) is 5.41 Å². The number of nitrogens with zero attached hydrogens (tertiary/aromatic N) is 4. The summed E-state index contributed by atoms with van der Waals surface area (Å²) >= 11 is 0. The van der Waals surface area contributed by atoms with Crippen molar-refractivity contribution in [2.24, 2.45) is 10.4 Å². The first-order valence-electron chi connectivity index (χ1n) is 11.3. The molecule has 2 fully saturated rings. The molecule has 0 spiro atoms. The molecule has 2 aliphatic carbocycles. The van der Waals surface area contributed by atoms with Crippen LogP contribution in [0.15, 0.2) is 55.8 Å². The molecule has 5 rings (SSSR count). The maximum absolute atomic E-state index is 13.6. The Morgan fingerprint density at radius 1 is 1.15 bits per heavy atom. The molecule has 1 aromatic rings. The molecule has 0 aromatic carbocycles. The van der Waals surface area contributed by atoms with Gasteiger partial charge in [-0.05, 0) is 60.1 Å². The van der Waals surface area contributed by atoms with Crippen molar-refractivity contribution in [2.75, 3.05) is 18.4 Å². The Hall–Kier alpha value is -2.81. The predicted octanol–water partition coefficient (Wildman–Crippen LogP) is 4.22. The molecule has 1 aromatic heterocycles. The summed E-state index contributed by atoms with van der Waals surface area (Å²) in [7, 11) is 0. The highest BCUT2D eigenvalue weighted by Crippen LogP contribution is 2.41. The molecule has 2 aliphatic heterocycles. The number of fused-ring (bicyclic) bond motifs is 2. The number of aliphatic hydroxyl groups is 1. The summed E-state index contributed by atoms with van der Waals surface area (Å²) in [6, 6.07) is 0.437. The highest BCUT2D eigenvalue weighted by atomic mass is 19.3. The molecule has 176 valence electrons. The zero-order chi connectivity index (χ0) is 23.5. The van der Waals surface area contributed by atoms with Gasteiger partial charge < -0.3 is 19.7 Å². The Morgan fingerprint density at radius 3 is 2.52 bits per heavy atom. The summed E-state index contributed by atoms with van der Waals surface area (Å²) in [4.78, 5) is 6.66. The van der Waals surface area contributed by atoms with Gasteiger partial charge >= 0.3 is 6.01 Å². The van der Waals surface area contributed by atoms with E-state index in [-0.39, 0.29) is 30.7 Å². The lowest BCUT2D eigenvalue weighted by molar-refractivity contribution is -0.114. The van der Waals surface area contributed by atoms with E-state index in [1.54, 1.807) is 4.90 Å². The van der Waals surface area contributed by atoms with E-state index in [0.29, 0.717) is 36.9 Å². The molecule has 9 heteroatoms. The van der Waals surface area contributed by atoms with Crippen LogP contribution in [0.4, 0.5) is 14.8 Å². The third-order valence-electron chi connectivity index (χ3n) is 6.50. The predicted molar refractivity (Wildman–Crippen MR) is 121 cm³/mol. The number of hydrogen-bond donors (Lipinski definition) is 2. The Morgan fingerprint density at radius 2 is 1.88 bits per heavy atom. The summed E-state index contributed by atoms with van der Waals surface area (Å²) in [6.45, 7) is 7.76. The molecule has 0 radical (unpaired) electrons. The molecule has 2 bridgehead atoms. The smallest absolute Gasteiger partial charge is 0.316 e. The number of hydrogen-bond acceptors (Lipinski definition) is 7. The van der Waals surface area contributed by atoms with Crippen LogP contribution in [0.25, 0.3) is 0 Å². The number of allylic oxidation sites excluding steroid dienone is 6. The van der Waals surface area contributed by atoms with Crippen LogP contribution in [-0.2, 0) is 0 Å². The van der Waals surface area contributed by atoms with Gasteiger partial charge in [0.05, 0.1) is 19.2 Å². The van der Waals surface area contributed by atoms with Crippen molar-refractivity contribution >= 4 is 11.7 Å². The van der Waals surface area contributed by atoms with E-state index in [2.05, 4.69) is 36.3 Å². The van der Waals surface area contributed by atoms with Crippen molar-refractivity contribution in [1.29, 1.82) is 0 Å². The number of aliphatic hydroxyl groups excluding tert-OH is 1. The SMILES string of the molecule is CC1=CC(c2nnc(NC3CC(O)C3)o2)=NC2=C(C(C)(C)C)C=C(N3CC(F)(F)C3)C=C1C2. The molecule has 1 saturated heterocycles. The normalized spacial score (nSPS) is 26.8. The quantitative estimate of drug-likeness (QED) is 0.704. The second kappa shape index (κ2) is 7.62. The van der Waals surface area contributed by atoms with Gasteiger partial charge in [-0.25, -0.2) is 13.8 Å². The molecule has 0 unspecified atom stereocenters. The number of aliphatic imine (C=N–C) groups is 1. The minimum Gasteiger partial charge on any atom is -0.402 e. The number of nitrogens with one attached hydrogen (secondary N) is 1. The fourth-order valence-corrected chi connectivity index (χ4v) is 4.51. The molecular weight excluding hydrogens is 428 g/mol. The second-order valence-electron chi connectivity index (χ2n) is 10.4. The van der Waals surface area contributed by atoms with Crippen LogP contribution in [0.1, 0.15) is 52.8 Å². The molecule has 0 amide bonds. The first kappa shape index (κ1) is 22.0. The third-order valence-corrected chi connectivity index (χ3v) is 6.50. The molecule has 2 N–H and O–H groups in total. The van der Waals surface area contributed by atoms with E-state index in [9.17, 15) is 13.9 Å². The van der Waals surface area contributed by atoms with Gasteiger partial charge in [-0.3, -0.25) is 0 Å². The largest absolute Gasteiger partial charge is 0.402 e. The zero-order valence-corrected chi connectivity index (χ0v) is 19.3. The maximum atomic E-state index is 13.6. The standard InChI is InChI=1S/C24H29F2N5O2/c1-13-5-20(21-29-30-22(33-21)27-15-8-17(32)9-15)28-19-7-14(13)6-16(10-18(19)23(2,3)4)31-11-24(25,26)12-31/h5-6,10,15,17,32H,7-9,11-12H2,1-4H3,(H,27,30). The Labute approximate surface area is 191 Å². The Kier molecular flexibility index (Phi) is 5.08. The van der Waals surface area contributed by atoms with E-state index in [1.807, 2.05) is 25.2 Å². The summed E-state index contributed by atoms with van der Waals surface area (Å²) < 4.78 is 33.0. The number of likely N-dealkylation sites (tertiary alicyclic amines) is 1. The van der Waals surface area contributed by atoms with Gasteiger partial charge in [0.15, 0.2) is 0 Å². The average molecular weight is 458 g/mol. The monoisotopic (exact) mass is 457 g/mol. The zero-order valence-electron chi connectivity index (χ0n) is 19.3. The highest BCUT2D eigenvalue weighted by Gasteiger charge is 2.45. The van der Waals surface area contributed by atoms with Gasteiger partial charge in [-0.2, -0.15) is 0 Å². The molecule has 0 atom stereocenters. The number of alkyl halides is 2. The van der Waals surface area contributed by atoms with Crippen molar-refractivity contribution in [2.45, 2.75) is 65.0 Å². The summed E-state index contributed by atoms with van der Waals surface area (Å²) in [5.74, 6) is -2.32. The van der Waals surface area contributed by atoms with Gasteiger partial charge in [-0.1, -0.05) is 25.9 Å². The minimum absolute atomic E-state index is 0.127. The molecule has 1 saturated carbocycles. The molecule has 7 nitrogen and oxygen atoms in total. The van der Waals surface area contributed by atoms with E-state index in [4.69, 9.17) is 9.41 Å². The lowest BCUT2D eigenvalue weighted by Gasteiger charge is -2.41. The van der Waals surface area contributed by atoms with Gasteiger partial charge in [0.2, 0.25) is 0 Å². The fraction of sp³-hybridized carbons (Fsp3) is 0.542. The van der Waals surface area contributed by atoms with Crippen molar-refractivity contribution in [3.8, 4) is 0 Å².